The van der Waals surface area contributed by atoms with Crippen LogP contribution >= 0.6 is 0 Å². The monoisotopic (exact) mass is 387 g/mol. The van der Waals surface area contributed by atoms with Crippen LogP contribution in [0.25, 0.3) is 0 Å². The standard InChI is InChI=1S/C21H23F2N3O2/c22-18-7-3-15(4-8-18)12-20(24)25-28-14-16-2-1-11-26(13-16)21(27)17-5-9-19(23)10-6-17/h3-10,16H,1-2,11-14H2,(H2,24,25)/t16-/m0/s1. The Hall–Kier alpha value is -2.96. The van der Waals surface area contributed by atoms with Crippen LogP contribution in [0.5, 0.6) is 0 Å². The molecule has 1 aliphatic rings. The van der Waals surface area contributed by atoms with E-state index in [4.69, 9.17) is 10.6 Å². The maximum Gasteiger partial charge on any atom is 0.253 e. The second-order valence-electron chi connectivity index (χ2n) is 6.95. The van der Waals surface area contributed by atoms with E-state index in [0.29, 0.717) is 37.5 Å². The number of halogens is 2. The molecule has 2 aromatic rings. The fourth-order valence-electron chi connectivity index (χ4n) is 3.23. The maximum absolute atomic E-state index is 13.0. The van der Waals surface area contributed by atoms with Crippen molar-refractivity contribution in [2.45, 2.75) is 19.3 Å². The van der Waals surface area contributed by atoms with Gasteiger partial charge in [-0.15, -0.1) is 0 Å². The lowest BCUT2D eigenvalue weighted by Gasteiger charge is -2.32. The highest BCUT2D eigenvalue weighted by atomic mass is 19.1. The zero-order valence-corrected chi connectivity index (χ0v) is 15.5. The quantitative estimate of drug-likeness (QED) is 0.470. The van der Waals surface area contributed by atoms with Crippen LogP contribution in [0.2, 0.25) is 0 Å². The number of nitrogens with zero attached hydrogens (tertiary/aromatic N) is 2. The smallest absolute Gasteiger partial charge is 0.253 e. The fourth-order valence-corrected chi connectivity index (χ4v) is 3.23. The Labute approximate surface area is 162 Å². The Morgan fingerprint density at radius 2 is 1.75 bits per heavy atom. The minimum atomic E-state index is -0.363. The van der Waals surface area contributed by atoms with Gasteiger partial charge in [0.25, 0.3) is 5.91 Å². The topological polar surface area (TPSA) is 67.9 Å². The fraction of sp³-hybridized carbons (Fsp3) is 0.333. The molecule has 2 aromatic carbocycles. The van der Waals surface area contributed by atoms with Gasteiger partial charge in [0.05, 0.1) is 0 Å². The van der Waals surface area contributed by atoms with E-state index in [1.807, 2.05) is 0 Å². The molecule has 0 bridgehead atoms. The van der Waals surface area contributed by atoms with Crippen LogP contribution in [-0.2, 0) is 11.3 Å². The summed E-state index contributed by atoms with van der Waals surface area (Å²) in [5.41, 5.74) is 7.18. The van der Waals surface area contributed by atoms with E-state index in [1.165, 1.54) is 36.4 Å². The summed E-state index contributed by atoms with van der Waals surface area (Å²) < 4.78 is 25.9. The van der Waals surface area contributed by atoms with Gasteiger partial charge in [-0.05, 0) is 54.8 Å². The van der Waals surface area contributed by atoms with Crippen molar-refractivity contribution in [3.8, 4) is 0 Å². The molecular formula is C21H23F2N3O2. The van der Waals surface area contributed by atoms with Gasteiger partial charge in [0.1, 0.15) is 24.1 Å². The van der Waals surface area contributed by atoms with Crippen molar-refractivity contribution in [1.29, 1.82) is 0 Å². The van der Waals surface area contributed by atoms with Crippen LogP contribution < -0.4 is 5.73 Å². The maximum atomic E-state index is 13.0. The van der Waals surface area contributed by atoms with Crippen LogP contribution in [0.1, 0.15) is 28.8 Å². The lowest BCUT2D eigenvalue weighted by Crippen LogP contribution is -2.41. The normalized spacial score (nSPS) is 17.4. The Balaban J connectivity index is 1.48. The summed E-state index contributed by atoms with van der Waals surface area (Å²) in [6.45, 7) is 1.59. The number of nitrogens with two attached hydrogens (primary N) is 1. The molecule has 5 nitrogen and oxygen atoms in total. The number of likely N-dealkylation sites (tertiary alicyclic amines) is 1. The first-order chi connectivity index (χ1) is 13.5. The minimum Gasteiger partial charge on any atom is -0.394 e. The molecule has 28 heavy (non-hydrogen) atoms. The Bertz CT molecular complexity index is 823. The Morgan fingerprint density at radius 3 is 2.43 bits per heavy atom. The second-order valence-corrected chi connectivity index (χ2v) is 6.95. The first-order valence-corrected chi connectivity index (χ1v) is 9.25. The highest BCUT2D eigenvalue weighted by Gasteiger charge is 2.25. The number of hydrogen-bond donors (Lipinski definition) is 1. The average Bonchev–Trinajstić information content (AvgIpc) is 2.70. The number of rotatable bonds is 6. The summed E-state index contributed by atoms with van der Waals surface area (Å²) in [7, 11) is 0. The molecule has 3 rings (SSSR count). The number of amides is 1. The molecule has 1 atom stereocenters. The predicted molar refractivity (Wildman–Crippen MR) is 103 cm³/mol. The molecule has 148 valence electrons. The zero-order chi connectivity index (χ0) is 19.9. The number of hydrogen-bond acceptors (Lipinski definition) is 3. The van der Waals surface area contributed by atoms with E-state index >= 15 is 0 Å². The van der Waals surface area contributed by atoms with Crippen molar-refractivity contribution >= 4 is 11.7 Å². The van der Waals surface area contributed by atoms with Crippen LogP contribution in [0.4, 0.5) is 8.78 Å². The van der Waals surface area contributed by atoms with E-state index in [2.05, 4.69) is 5.16 Å². The number of carbonyl (C=O) groups is 1. The molecule has 1 fully saturated rings. The first-order valence-electron chi connectivity index (χ1n) is 9.25. The summed E-state index contributed by atoms with van der Waals surface area (Å²) in [6.07, 6.45) is 2.18. The lowest BCUT2D eigenvalue weighted by atomic mass is 9.98. The number of carbonyl (C=O) groups excluding carboxylic acids is 1. The molecule has 1 amide bonds. The number of oxime groups is 1. The van der Waals surface area contributed by atoms with E-state index in [9.17, 15) is 13.6 Å². The molecule has 0 aromatic heterocycles. The van der Waals surface area contributed by atoms with Crippen molar-refractivity contribution in [1.82, 2.24) is 4.90 Å². The molecule has 0 radical (unpaired) electrons. The van der Waals surface area contributed by atoms with Gasteiger partial charge < -0.3 is 15.5 Å². The second kappa shape index (κ2) is 9.30. The Kier molecular flexibility index (Phi) is 6.57. The third kappa shape index (κ3) is 5.52. The van der Waals surface area contributed by atoms with Crippen molar-refractivity contribution in [3.05, 3.63) is 71.3 Å². The van der Waals surface area contributed by atoms with Crippen LogP contribution in [0.3, 0.4) is 0 Å². The summed E-state index contributed by atoms with van der Waals surface area (Å²) in [5, 5.41) is 3.93. The highest BCUT2D eigenvalue weighted by molar-refractivity contribution is 5.94. The van der Waals surface area contributed by atoms with Crippen molar-refractivity contribution in [3.63, 3.8) is 0 Å². The minimum absolute atomic E-state index is 0.107. The first kappa shape index (κ1) is 19.8. The van der Waals surface area contributed by atoms with Gasteiger partial charge in [0, 0.05) is 31.0 Å². The van der Waals surface area contributed by atoms with E-state index in [0.717, 1.165) is 18.4 Å². The van der Waals surface area contributed by atoms with Gasteiger partial charge in [-0.2, -0.15) is 0 Å². The van der Waals surface area contributed by atoms with Crippen molar-refractivity contribution in [2.24, 2.45) is 16.8 Å². The summed E-state index contributed by atoms with van der Waals surface area (Å²) in [4.78, 5) is 19.7. The SMILES string of the molecule is N/C(Cc1ccc(F)cc1)=N\OC[C@H]1CCCN(C(=O)c2ccc(F)cc2)C1. The van der Waals surface area contributed by atoms with Gasteiger partial charge in [-0.3, -0.25) is 4.79 Å². The largest absolute Gasteiger partial charge is 0.394 e. The molecule has 0 unspecified atom stereocenters. The van der Waals surface area contributed by atoms with E-state index in [1.54, 1.807) is 17.0 Å². The predicted octanol–water partition coefficient (Wildman–Crippen LogP) is 3.35. The van der Waals surface area contributed by atoms with Crippen LogP contribution in [0.15, 0.2) is 53.7 Å². The van der Waals surface area contributed by atoms with Gasteiger partial charge in [-0.1, -0.05) is 17.3 Å². The highest BCUT2D eigenvalue weighted by Crippen LogP contribution is 2.19. The number of amidine groups is 1. The number of piperidine rings is 1. The zero-order valence-electron chi connectivity index (χ0n) is 15.5. The third-order valence-corrected chi connectivity index (χ3v) is 4.69. The molecule has 0 spiro atoms. The van der Waals surface area contributed by atoms with Crippen molar-refractivity contribution < 1.29 is 18.4 Å². The van der Waals surface area contributed by atoms with Gasteiger partial charge in [-0.25, -0.2) is 8.78 Å². The molecule has 1 aliphatic heterocycles. The molecule has 1 heterocycles. The van der Waals surface area contributed by atoms with Gasteiger partial charge in [0.2, 0.25) is 0 Å². The van der Waals surface area contributed by atoms with Crippen LogP contribution in [0, 0.1) is 17.6 Å². The van der Waals surface area contributed by atoms with Gasteiger partial charge >= 0.3 is 0 Å². The molecule has 7 heteroatoms. The molecular weight excluding hydrogens is 364 g/mol. The average molecular weight is 387 g/mol. The molecule has 0 saturated carbocycles. The Morgan fingerprint density at radius 1 is 1.11 bits per heavy atom. The summed E-state index contributed by atoms with van der Waals surface area (Å²) in [6, 6.07) is 11.6. The molecule has 2 N–H and O–H groups in total. The summed E-state index contributed by atoms with van der Waals surface area (Å²) >= 11 is 0. The van der Waals surface area contributed by atoms with Crippen LogP contribution in [-0.4, -0.2) is 36.3 Å². The van der Waals surface area contributed by atoms with Gasteiger partial charge in [0.15, 0.2) is 0 Å². The molecule has 0 aliphatic carbocycles. The van der Waals surface area contributed by atoms with E-state index < -0.39 is 0 Å². The lowest BCUT2D eigenvalue weighted by molar-refractivity contribution is 0.0487. The third-order valence-electron chi connectivity index (χ3n) is 4.69. The number of benzene rings is 2. The van der Waals surface area contributed by atoms with Crippen molar-refractivity contribution in [2.75, 3.05) is 19.7 Å². The van der Waals surface area contributed by atoms with E-state index in [-0.39, 0.29) is 23.5 Å². The summed E-state index contributed by atoms with van der Waals surface area (Å²) in [5.74, 6) is -0.309. The molecule has 1 saturated heterocycles.